The van der Waals surface area contributed by atoms with Gasteiger partial charge in [0.25, 0.3) is 0 Å². The standard InChI is InChI=1S/C20H34O2.C16H26O3.C10H16O4/c1-6-18(3,4)17(21)22-19(5,7-2)20-11-14-8-15(12-20)10-16(9-14)13-20;1-4-14(2,3)13(17)19-16-8-11-5-12(9-16)7-15(18,6-11)10-16;1-4-10(2,3)9(12)14-7-5-6-13-8(7)11/h14-16H,6-13H2,1-5H3;11-12,18H,4-10H2,1-3H3;7H,4-6H2,1-3H3. The van der Waals surface area contributed by atoms with Crippen molar-refractivity contribution < 1.29 is 43.2 Å². The molecule has 8 bridgehead atoms. The summed E-state index contributed by atoms with van der Waals surface area (Å²) in [6.45, 7) is 22.4. The lowest BCUT2D eigenvalue weighted by Crippen LogP contribution is -2.61. The van der Waals surface area contributed by atoms with Crippen molar-refractivity contribution in [1.82, 2.24) is 0 Å². The average Bonchev–Trinajstić information content (AvgIpc) is 3.50. The lowest BCUT2D eigenvalue weighted by Gasteiger charge is -2.62. The first-order valence-corrected chi connectivity index (χ1v) is 22.0. The molecule has 9 rings (SSSR count). The molecule has 1 heterocycles. The van der Waals surface area contributed by atoms with Crippen molar-refractivity contribution in [2.24, 2.45) is 51.2 Å². The Kier molecular flexibility index (Phi) is 12.7. The quantitative estimate of drug-likeness (QED) is 0.161. The van der Waals surface area contributed by atoms with Crippen LogP contribution < -0.4 is 0 Å². The van der Waals surface area contributed by atoms with E-state index in [1.54, 1.807) is 13.8 Å². The van der Waals surface area contributed by atoms with E-state index in [2.05, 4.69) is 20.8 Å². The Morgan fingerprint density at radius 2 is 1.11 bits per heavy atom. The fourth-order valence-electron chi connectivity index (χ4n) is 11.5. The van der Waals surface area contributed by atoms with Gasteiger partial charge in [-0.05, 0) is 174 Å². The third-order valence-electron chi connectivity index (χ3n) is 15.9. The highest BCUT2D eigenvalue weighted by molar-refractivity contribution is 5.82. The topological polar surface area (TPSA) is 125 Å². The largest absolute Gasteiger partial charge is 0.463 e. The monoisotopic (exact) mass is 773 g/mol. The van der Waals surface area contributed by atoms with Crippen molar-refractivity contribution in [3.05, 3.63) is 0 Å². The molecule has 1 aliphatic heterocycles. The number of aliphatic hydroxyl groups is 1. The van der Waals surface area contributed by atoms with E-state index < -0.39 is 28.5 Å². The highest BCUT2D eigenvalue weighted by Gasteiger charge is 2.61. The van der Waals surface area contributed by atoms with E-state index in [1.165, 1.54) is 44.9 Å². The molecular formula is C46H76O9. The lowest BCUT2D eigenvalue weighted by atomic mass is 9.45. The van der Waals surface area contributed by atoms with Crippen molar-refractivity contribution in [2.45, 2.75) is 208 Å². The maximum Gasteiger partial charge on any atom is 0.347 e. The molecule has 1 N–H and O–H groups in total. The molecule has 8 aliphatic carbocycles. The zero-order chi connectivity index (χ0) is 40.8. The van der Waals surface area contributed by atoms with E-state index in [1.807, 2.05) is 41.5 Å². The van der Waals surface area contributed by atoms with Crippen LogP contribution in [0.5, 0.6) is 0 Å². The zero-order valence-electron chi connectivity index (χ0n) is 36.4. The zero-order valence-corrected chi connectivity index (χ0v) is 36.4. The Hall–Kier alpha value is -2.16. The molecule has 0 spiro atoms. The Bertz CT molecular complexity index is 1380. The van der Waals surface area contributed by atoms with Gasteiger partial charge in [0.1, 0.15) is 11.2 Å². The molecule has 4 unspecified atom stereocenters. The highest BCUT2D eigenvalue weighted by Crippen LogP contribution is 2.65. The first-order valence-electron chi connectivity index (χ1n) is 22.0. The third kappa shape index (κ3) is 9.27. The summed E-state index contributed by atoms with van der Waals surface area (Å²) in [5, 5.41) is 10.6. The predicted molar refractivity (Wildman–Crippen MR) is 212 cm³/mol. The van der Waals surface area contributed by atoms with Gasteiger partial charge in [0, 0.05) is 18.3 Å². The molecule has 4 atom stereocenters. The molecular weight excluding hydrogens is 696 g/mol. The Labute approximate surface area is 332 Å². The van der Waals surface area contributed by atoms with Gasteiger partial charge in [-0.1, -0.05) is 27.7 Å². The molecule has 9 fully saturated rings. The number of rotatable bonds is 11. The minimum atomic E-state index is -0.687. The van der Waals surface area contributed by atoms with Crippen LogP contribution in [0.2, 0.25) is 0 Å². The smallest absolute Gasteiger partial charge is 0.347 e. The van der Waals surface area contributed by atoms with Crippen LogP contribution >= 0.6 is 0 Å². The Balaban J connectivity index is 0.000000162. The van der Waals surface area contributed by atoms with Gasteiger partial charge < -0.3 is 24.1 Å². The molecule has 9 aliphatic rings. The molecule has 9 heteroatoms. The second-order valence-electron chi connectivity index (χ2n) is 21.5. The maximum atomic E-state index is 12.7. The molecule has 314 valence electrons. The van der Waals surface area contributed by atoms with Crippen LogP contribution in [0.4, 0.5) is 0 Å². The molecule has 0 radical (unpaired) electrons. The minimum absolute atomic E-state index is 0.00935. The maximum absolute atomic E-state index is 12.7. The van der Waals surface area contributed by atoms with Crippen molar-refractivity contribution in [2.75, 3.05) is 6.61 Å². The normalized spacial score (nSPS) is 36.8. The summed E-state index contributed by atoms with van der Waals surface area (Å²) in [6.07, 6.45) is 16.9. The van der Waals surface area contributed by atoms with Gasteiger partial charge in [-0.25, -0.2) is 4.79 Å². The van der Waals surface area contributed by atoms with Gasteiger partial charge in [0.05, 0.1) is 28.5 Å². The van der Waals surface area contributed by atoms with Crippen LogP contribution in [0.25, 0.3) is 0 Å². The fraction of sp³-hybridized carbons (Fsp3) is 0.913. The summed E-state index contributed by atoms with van der Waals surface area (Å²) >= 11 is 0. The van der Waals surface area contributed by atoms with Gasteiger partial charge in [0.2, 0.25) is 6.10 Å². The number of hydrogen-bond acceptors (Lipinski definition) is 9. The van der Waals surface area contributed by atoms with E-state index >= 15 is 0 Å². The van der Waals surface area contributed by atoms with Crippen LogP contribution in [0, 0.1) is 51.2 Å². The van der Waals surface area contributed by atoms with Crippen molar-refractivity contribution in [3.8, 4) is 0 Å². The number of hydrogen-bond donors (Lipinski definition) is 1. The number of carbonyl (C=O) groups is 4. The Morgan fingerprint density at radius 3 is 1.53 bits per heavy atom. The molecule has 0 aromatic heterocycles. The number of carbonyl (C=O) groups excluding carboxylic acids is 4. The second-order valence-corrected chi connectivity index (χ2v) is 21.5. The average molecular weight is 773 g/mol. The SMILES string of the molecule is CCC(C)(C)C(=O)OC(C)(CC)C12CC3CC(CC(C3)C1)C2.CCC(C)(C)C(=O)OC12CC3CC(CC(O)(C3)C1)C2.CCC(C)(C)C(=O)OC1CCOC1=O. The highest BCUT2D eigenvalue weighted by atomic mass is 16.6. The summed E-state index contributed by atoms with van der Waals surface area (Å²) in [4.78, 5) is 47.7. The molecule has 1 saturated heterocycles. The molecule has 8 saturated carbocycles. The molecule has 0 amide bonds. The lowest BCUT2D eigenvalue weighted by molar-refractivity contribution is -0.225. The first kappa shape index (κ1) is 44.0. The van der Waals surface area contributed by atoms with Crippen molar-refractivity contribution in [3.63, 3.8) is 0 Å². The number of cyclic esters (lactones) is 1. The molecule has 0 aromatic carbocycles. The van der Waals surface area contributed by atoms with E-state index in [-0.39, 0.29) is 39.9 Å². The van der Waals surface area contributed by atoms with Crippen LogP contribution in [-0.2, 0) is 38.1 Å². The molecule has 55 heavy (non-hydrogen) atoms. The first-order chi connectivity index (χ1) is 25.5. The predicted octanol–water partition coefficient (Wildman–Crippen LogP) is 9.68. The van der Waals surface area contributed by atoms with E-state index in [0.717, 1.165) is 62.7 Å². The summed E-state index contributed by atoms with van der Waals surface area (Å²) in [7, 11) is 0. The molecule has 9 nitrogen and oxygen atoms in total. The van der Waals surface area contributed by atoms with Gasteiger partial charge >= 0.3 is 23.9 Å². The van der Waals surface area contributed by atoms with E-state index in [4.69, 9.17) is 18.9 Å². The van der Waals surface area contributed by atoms with E-state index in [9.17, 15) is 24.3 Å². The Morgan fingerprint density at radius 1 is 0.655 bits per heavy atom. The summed E-state index contributed by atoms with van der Waals surface area (Å²) < 4.78 is 22.0. The summed E-state index contributed by atoms with van der Waals surface area (Å²) in [5.74, 6) is 2.98. The summed E-state index contributed by atoms with van der Waals surface area (Å²) in [6, 6.07) is 0. The van der Waals surface area contributed by atoms with Crippen molar-refractivity contribution >= 4 is 23.9 Å². The van der Waals surface area contributed by atoms with Crippen LogP contribution in [0.1, 0.15) is 185 Å². The third-order valence-corrected chi connectivity index (χ3v) is 15.9. The second kappa shape index (κ2) is 15.9. The summed E-state index contributed by atoms with van der Waals surface area (Å²) in [5.41, 5.74) is -2.22. The van der Waals surface area contributed by atoms with Gasteiger partial charge in [-0.2, -0.15) is 0 Å². The molecule has 0 aromatic rings. The number of esters is 4. The van der Waals surface area contributed by atoms with Crippen molar-refractivity contribution in [1.29, 1.82) is 0 Å². The van der Waals surface area contributed by atoms with Gasteiger partial charge in [-0.3, -0.25) is 14.4 Å². The van der Waals surface area contributed by atoms with E-state index in [0.29, 0.717) is 37.7 Å². The van der Waals surface area contributed by atoms with Crippen LogP contribution in [0.3, 0.4) is 0 Å². The fourth-order valence-corrected chi connectivity index (χ4v) is 11.5. The van der Waals surface area contributed by atoms with Gasteiger partial charge in [-0.15, -0.1) is 0 Å². The minimum Gasteiger partial charge on any atom is -0.463 e. The number of ether oxygens (including phenoxy) is 4. The van der Waals surface area contributed by atoms with Crippen LogP contribution in [0.15, 0.2) is 0 Å². The van der Waals surface area contributed by atoms with Crippen LogP contribution in [-0.4, -0.2) is 58.5 Å². The van der Waals surface area contributed by atoms with Gasteiger partial charge in [0.15, 0.2) is 0 Å².